The first-order valence-electron chi connectivity index (χ1n) is 7.12. The number of carbonyl (C=O) groups is 1. The normalized spacial score (nSPS) is 18.3. The lowest BCUT2D eigenvalue weighted by molar-refractivity contribution is 0.0506. The number of hydrogen-bond acceptors (Lipinski definition) is 3. The van der Waals surface area contributed by atoms with Crippen LogP contribution >= 0.6 is 12.2 Å². The van der Waals surface area contributed by atoms with Gasteiger partial charge < -0.3 is 15.4 Å². The average Bonchev–Trinajstić information content (AvgIpc) is 2.43. The van der Waals surface area contributed by atoms with Crippen LogP contribution in [0.3, 0.4) is 0 Å². The minimum atomic E-state index is -0.498. The lowest BCUT2D eigenvalue weighted by Crippen LogP contribution is -2.41. The van der Waals surface area contributed by atoms with E-state index in [2.05, 4.69) is 29.7 Å². The van der Waals surface area contributed by atoms with Crippen molar-refractivity contribution >= 4 is 29.0 Å². The third-order valence-electron chi connectivity index (χ3n) is 3.15. The van der Waals surface area contributed by atoms with Crippen LogP contribution in [-0.4, -0.2) is 22.7 Å². The van der Waals surface area contributed by atoms with Crippen LogP contribution in [0.1, 0.15) is 38.3 Å². The minimum absolute atomic E-state index is 0.0529. The summed E-state index contributed by atoms with van der Waals surface area (Å²) in [4.78, 5) is 12.7. The van der Waals surface area contributed by atoms with E-state index in [1.54, 1.807) is 0 Å². The van der Waals surface area contributed by atoms with Gasteiger partial charge in [0.2, 0.25) is 0 Å². The van der Waals surface area contributed by atoms with Gasteiger partial charge in [0.25, 0.3) is 0 Å². The van der Waals surface area contributed by atoms with Crippen molar-refractivity contribution < 1.29 is 9.53 Å². The maximum atomic E-state index is 11.9. The number of benzene rings is 1. The van der Waals surface area contributed by atoms with Crippen LogP contribution in [0.2, 0.25) is 0 Å². The van der Waals surface area contributed by atoms with E-state index < -0.39 is 11.7 Å². The predicted octanol–water partition coefficient (Wildman–Crippen LogP) is 3.57. The second kappa shape index (κ2) is 6.02. The third-order valence-corrected chi connectivity index (χ3v) is 3.42. The van der Waals surface area contributed by atoms with Crippen LogP contribution in [0, 0.1) is 6.92 Å². The first kappa shape index (κ1) is 15.8. The third kappa shape index (κ3) is 4.70. The molecule has 0 fully saturated rings. The number of aryl methyl sites for hydroxylation is 1. The quantitative estimate of drug-likeness (QED) is 0.779. The molecule has 4 nitrogen and oxygen atoms in total. The number of nitrogens with one attached hydrogen (secondary N) is 2. The fourth-order valence-electron chi connectivity index (χ4n) is 2.35. The SMILES string of the molecule is Cc1ccc2c(c1)CC(NC(=O)OC(C)(C)C)CC(=S)N2. The second-order valence-corrected chi connectivity index (χ2v) is 6.95. The van der Waals surface area contributed by atoms with Crippen LogP contribution in [0.25, 0.3) is 0 Å². The molecule has 21 heavy (non-hydrogen) atoms. The Morgan fingerprint density at radius 3 is 2.76 bits per heavy atom. The standard InChI is InChI=1S/C16H22N2O2S/c1-10-5-6-13-11(7-10)8-12(9-14(21)18-13)17-15(19)20-16(2,3)4/h5-7,12H,8-9H2,1-4H3,(H,17,19)(H,18,21). The number of rotatable bonds is 1. The number of thiocarbonyl (C=S) groups is 1. The van der Waals surface area contributed by atoms with Gasteiger partial charge in [0, 0.05) is 18.2 Å². The van der Waals surface area contributed by atoms with Gasteiger partial charge in [-0.1, -0.05) is 29.9 Å². The van der Waals surface area contributed by atoms with Gasteiger partial charge in [-0.2, -0.15) is 0 Å². The number of hydrogen-bond donors (Lipinski definition) is 2. The highest BCUT2D eigenvalue weighted by Gasteiger charge is 2.23. The number of fused-ring (bicyclic) bond motifs is 1. The largest absolute Gasteiger partial charge is 0.444 e. The van der Waals surface area contributed by atoms with E-state index in [1.807, 2.05) is 26.8 Å². The summed E-state index contributed by atoms with van der Waals surface area (Å²) in [5.41, 5.74) is 2.89. The summed E-state index contributed by atoms with van der Waals surface area (Å²) >= 11 is 5.34. The Kier molecular flexibility index (Phi) is 4.52. The van der Waals surface area contributed by atoms with Crippen LogP contribution in [0.15, 0.2) is 18.2 Å². The van der Waals surface area contributed by atoms with E-state index in [4.69, 9.17) is 17.0 Å². The monoisotopic (exact) mass is 306 g/mol. The Hall–Kier alpha value is -1.62. The first-order valence-corrected chi connectivity index (χ1v) is 7.53. The van der Waals surface area contributed by atoms with Gasteiger partial charge in [0.15, 0.2) is 0 Å². The topological polar surface area (TPSA) is 50.4 Å². The van der Waals surface area contributed by atoms with E-state index in [-0.39, 0.29) is 6.04 Å². The number of alkyl carbamates (subject to hydrolysis) is 1. The van der Waals surface area contributed by atoms with Crippen molar-refractivity contribution in [3.63, 3.8) is 0 Å². The Balaban J connectivity index is 2.11. The highest BCUT2D eigenvalue weighted by atomic mass is 32.1. The van der Waals surface area contributed by atoms with Gasteiger partial charge in [-0.3, -0.25) is 0 Å². The molecule has 5 heteroatoms. The van der Waals surface area contributed by atoms with Crippen molar-refractivity contribution in [2.75, 3.05) is 5.32 Å². The zero-order valence-corrected chi connectivity index (χ0v) is 13.8. The summed E-state index contributed by atoms with van der Waals surface area (Å²) in [5.74, 6) is 0. The molecule has 1 unspecified atom stereocenters. The number of ether oxygens (including phenoxy) is 1. The first-order chi connectivity index (χ1) is 9.73. The number of amides is 1. The average molecular weight is 306 g/mol. The van der Waals surface area contributed by atoms with E-state index in [9.17, 15) is 4.79 Å². The van der Waals surface area contributed by atoms with Crippen molar-refractivity contribution in [2.24, 2.45) is 0 Å². The molecule has 0 radical (unpaired) electrons. The van der Waals surface area contributed by atoms with E-state index >= 15 is 0 Å². The van der Waals surface area contributed by atoms with Gasteiger partial charge in [0.05, 0.1) is 4.99 Å². The van der Waals surface area contributed by atoms with Gasteiger partial charge in [-0.15, -0.1) is 0 Å². The lowest BCUT2D eigenvalue weighted by atomic mass is 10.0. The molecule has 1 aliphatic heterocycles. The van der Waals surface area contributed by atoms with Crippen LogP contribution in [0.4, 0.5) is 10.5 Å². The summed E-state index contributed by atoms with van der Waals surface area (Å²) in [6, 6.07) is 6.16. The number of carbonyl (C=O) groups excluding carboxylic acids is 1. The van der Waals surface area contributed by atoms with Crippen LogP contribution in [0.5, 0.6) is 0 Å². The molecule has 0 bridgehead atoms. The molecule has 0 saturated heterocycles. The molecule has 0 aromatic heterocycles. The molecule has 1 amide bonds. The summed E-state index contributed by atoms with van der Waals surface area (Å²) in [6.07, 6.45) is 0.956. The van der Waals surface area contributed by atoms with Gasteiger partial charge in [-0.05, 0) is 45.7 Å². The van der Waals surface area contributed by atoms with Crippen molar-refractivity contribution in [1.29, 1.82) is 0 Å². The fourth-order valence-corrected chi connectivity index (χ4v) is 2.66. The van der Waals surface area contributed by atoms with E-state index in [0.717, 1.165) is 22.7 Å². The summed E-state index contributed by atoms with van der Waals surface area (Å²) < 4.78 is 5.31. The molecule has 1 atom stereocenters. The van der Waals surface area contributed by atoms with E-state index in [0.29, 0.717) is 6.42 Å². The zero-order chi connectivity index (χ0) is 15.6. The van der Waals surface area contributed by atoms with Gasteiger partial charge in [-0.25, -0.2) is 4.79 Å². The predicted molar refractivity (Wildman–Crippen MR) is 88.9 cm³/mol. The fraction of sp³-hybridized carbons (Fsp3) is 0.500. The highest BCUT2D eigenvalue weighted by Crippen LogP contribution is 2.24. The van der Waals surface area contributed by atoms with Crippen LogP contribution in [-0.2, 0) is 11.2 Å². The molecule has 0 spiro atoms. The van der Waals surface area contributed by atoms with Crippen molar-refractivity contribution in [3.05, 3.63) is 29.3 Å². The Morgan fingerprint density at radius 1 is 1.38 bits per heavy atom. The molecule has 0 aliphatic carbocycles. The molecule has 114 valence electrons. The molecule has 2 N–H and O–H groups in total. The Bertz CT molecular complexity index is 564. The zero-order valence-electron chi connectivity index (χ0n) is 12.9. The van der Waals surface area contributed by atoms with Crippen LogP contribution < -0.4 is 10.6 Å². The molecular formula is C16H22N2O2S. The molecule has 1 aliphatic rings. The molecule has 2 rings (SSSR count). The van der Waals surface area contributed by atoms with E-state index in [1.165, 1.54) is 5.56 Å². The molecule has 1 aromatic rings. The minimum Gasteiger partial charge on any atom is -0.444 e. The maximum absolute atomic E-state index is 11.9. The van der Waals surface area contributed by atoms with Crippen molar-refractivity contribution in [1.82, 2.24) is 5.32 Å². The highest BCUT2D eigenvalue weighted by molar-refractivity contribution is 7.80. The molecule has 1 heterocycles. The molecule has 0 saturated carbocycles. The van der Waals surface area contributed by atoms with Crippen molar-refractivity contribution in [3.8, 4) is 0 Å². The van der Waals surface area contributed by atoms with Gasteiger partial charge >= 0.3 is 6.09 Å². The molecular weight excluding hydrogens is 284 g/mol. The number of anilines is 1. The smallest absolute Gasteiger partial charge is 0.407 e. The summed E-state index contributed by atoms with van der Waals surface area (Å²) in [5, 5.41) is 6.16. The van der Waals surface area contributed by atoms with Crippen molar-refractivity contribution in [2.45, 2.75) is 52.2 Å². The lowest BCUT2D eigenvalue weighted by Gasteiger charge is -2.23. The second-order valence-electron chi connectivity index (χ2n) is 6.46. The summed E-state index contributed by atoms with van der Waals surface area (Å²) in [6.45, 7) is 7.61. The maximum Gasteiger partial charge on any atom is 0.407 e. The molecule has 1 aromatic carbocycles. The Morgan fingerprint density at radius 2 is 2.10 bits per heavy atom. The summed E-state index contributed by atoms with van der Waals surface area (Å²) in [7, 11) is 0. The van der Waals surface area contributed by atoms with Gasteiger partial charge in [0.1, 0.15) is 5.60 Å². The Labute approximate surface area is 131 Å².